The van der Waals surface area contributed by atoms with Crippen LogP contribution in [0.15, 0.2) is 34.5 Å². The second-order valence-corrected chi connectivity index (χ2v) is 6.91. The monoisotopic (exact) mass is 401 g/mol. The van der Waals surface area contributed by atoms with E-state index in [4.69, 9.17) is 14.6 Å². The minimum atomic E-state index is -4.43. The quantitative estimate of drug-likeness (QED) is 0.685. The number of piperidine rings is 1. The van der Waals surface area contributed by atoms with Gasteiger partial charge in [-0.2, -0.15) is 13.2 Å². The normalized spacial score (nSPS) is 21.3. The van der Waals surface area contributed by atoms with E-state index in [2.05, 4.69) is 10.2 Å². The highest BCUT2D eigenvalue weighted by Crippen LogP contribution is 2.48. The Balaban J connectivity index is 1.47. The molecule has 1 atom stereocenters. The Kier molecular flexibility index (Phi) is 6.07. The van der Waals surface area contributed by atoms with Crippen molar-refractivity contribution in [3.05, 3.63) is 24.3 Å². The molecule has 7 nitrogen and oxygen atoms in total. The van der Waals surface area contributed by atoms with Gasteiger partial charge in [0, 0.05) is 19.0 Å². The molecule has 3 rings (SSSR count). The number of aliphatic carboxylic acids is 1. The largest absolute Gasteiger partial charge is 0.492 e. The number of ether oxygens (including phenoxy) is 2. The van der Waals surface area contributed by atoms with Crippen LogP contribution in [0, 0.1) is 0 Å². The molecule has 10 heteroatoms. The maximum absolute atomic E-state index is 13.1. The third-order valence-corrected chi connectivity index (χ3v) is 4.90. The van der Waals surface area contributed by atoms with Crippen LogP contribution in [-0.2, 0) is 4.79 Å². The molecular formula is C18H22F3N3O4. The molecular weight excluding hydrogens is 379 g/mol. The minimum Gasteiger partial charge on any atom is -0.492 e. The lowest BCUT2D eigenvalue weighted by molar-refractivity contribution is -0.169. The number of likely N-dealkylation sites (tertiary alicyclic amines) is 1. The second kappa shape index (κ2) is 8.34. The lowest BCUT2D eigenvalue weighted by Gasteiger charge is -2.36. The standard InChI is InChI=1S/C18H22F3N3O4/c19-18(20,21)17(22-23-17)11-13-3-1-2-8-24(13)9-10-27-14-4-6-15(7-5-14)28-12-16(25)26/h4-7,13H,1-3,8-12H2,(H,25,26). The average molecular weight is 401 g/mol. The SMILES string of the molecule is O=C(O)COc1ccc(OCCN2CCCCC2CC2(C(F)(F)F)N=N2)cc1. The average Bonchev–Trinajstić information content (AvgIpc) is 3.43. The zero-order valence-electron chi connectivity index (χ0n) is 15.2. The topological polar surface area (TPSA) is 83.7 Å². The van der Waals surface area contributed by atoms with Crippen LogP contribution in [0.2, 0.25) is 0 Å². The molecule has 154 valence electrons. The first-order chi connectivity index (χ1) is 13.3. The molecule has 1 unspecified atom stereocenters. The molecule has 1 saturated heterocycles. The van der Waals surface area contributed by atoms with Crippen molar-refractivity contribution >= 4 is 5.97 Å². The molecule has 0 saturated carbocycles. The predicted molar refractivity (Wildman–Crippen MR) is 92.5 cm³/mol. The molecule has 0 radical (unpaired) electrons. The highest BCUT2D eigenvalue weighted by molar-refractivity contribution is 5.68. The van der Waals surface area contributed by atoms with Gasteiger partial charge >= 0.3 is 12.1 Å². The number of benzene rings is 1. The van der Waals surface area contributed by atoms with Crippen LogP contribution in [0.1, 0.15) is 25.7 Å². The van der Waals surface area contributed by atoms with Crippen molar-refractivity contribution in [1.29, 1.82) is 0 Å². The van der Waals surface area contributed by atoms with Crippen molar-refractivity contribution in [2.24, 2.45) is 10.2 Å². The molecule has 0 spiro atoms. The summed E-state index contributed by atoms with van der Waals surface area (Å²) >= 11 is 0. The van der Waals surface area contributed by atoms with Crippen LogP contribution in [0.25, 0.3) is 0 Å². The molecule has 2 aliphatic rings. The molecule has 0 aromatic heterocycles. The van der Waals surface area contributed by atoms with Gasteiger partial charge in [0.05, 0.1) is 0 Å². The molecule has 1 aromatic rings. The molecule has 0 bridgehead atoms. The van der Waals surface area contributed by atoms with Gasteiger partial charge in [0.15, 0.2) is 6.61 Å². The summed E-state index contributed by atoms with van der Waals surface area (Å²) in [5.41, 5.74) is -2.21. The van der Waals surface area contributed by atoms with Crippen LogP contribution in [-0.4, -0.2) is 60.2 Å². The van der Waals surface area contributed by atoms with Gasteiger partial charge in [-0.15, -0.1) is 10.2 Å². The van der Waals surface area contributed by atoms with E-state index in [1.165, 1.54) is 0 Å². The molecule has 0 aliphatic carbocycles. The summed E-state index contributed by atoms with van der Waals surface area (Å²) in [5, 5.41) is 15.2. The summed E-state index contributed by atoms with van der Waals surface area (Å²) in [6, 6.07) is 6.30. The van der Waals surface area contributed by atoms with E-state index in [0.717, 1.165) is 19.4 Å². The Bertz CT molecular complexity index is 703. The zero-order valence-corrected chi connectivity index (χ0v) is 15.2. The number of nitrogens with zero attached hydrogens (tertiary/aromatic N) is 3. The minimum absolute atomic E-state index is 0.133. The number of hydrogen-bond donors (Lipinski definition) is 1. The van der Waals surface area contributed by atoms with Gasteiger partial charge < -0.3 is 14.6 Å². The Labute approximate surface area is 160 Å². The summed E-state index contributed by atoms with van der Waals surface area (Å²) in [6.45, 7) is 1.15. The summed E-state index contributed by atoms with van der Waals surface area (Å²) in [4.78, 5) is 12.5. The van der Waals surface area contributed by atoms with Crippen molar-refractivity contribution in [2.75, 3.05) is 26.3 Å². The number of carbonyl (C=O) groups is 1. The summed E-state index contributed by atoms with van der Waals surface area (Å²) in [5.74, 6) is -0.0640. The van der Waals surface area contributed by atoms with Crippen molar-refractivity contribution in [3.8, 4) is 11.5 Å². The second-order valence-electron chi connectivity index (χ2n) is 6.91. The summed E-state index contributed by atoms with van der Waals surface area (Å²) in [7, 11) is 0. The fourth-order valence-corrected chi connectivity index (χ4v) is 3.34. The zero-order chi connectivity index (χ0) is 20.2. The van der Waals surface area contributed by atoms with E-state index in [1.54, 1.807) is 24.3 Å². The van der Waals surface area contributed by atoms with Gasteiger partial charge in [-0.05, 0) is 43.7 Å². The van der Waals surface area contributed by atoms with Crippen LogP contribution in [0.3, 0.4) is 0 Å². The molecule has 1 N–H and O–H groups in total. The van der Waals surface area contributed by atoms with E-state index >= 15 is 0 Å². The molecule has 0 amide bonds. The smallest absolute Gasteiger partial charge is 0.437 e. The van der Waals surface area contributed by atoms with Crippen LogP contribution in [0.4, 0.5) is 13.2 Å². The highest BCUT2D eigenvalue weighted by atomic mass is 19.4. The highest BCUT2D eigenvalue weighted by Gasteiger charge is 2.64. The lowest BCUT2D eigenvalue weighted by atomic mass is 9.94. The fraction of sp³-hybridized carbons (Fsp3) is 0.611. The number of carboxylic acids is 1. The number of halogens is 3. The predicted octanol–water partition coefficient (Wildman–Crippen LogP) is 3.50. The number of rotatable bonds is 9. The Morgan fingerprint density at radius 3 is 2.39 bits per heavy atom. The summed E-state index contributed by atoms with van der Waals surface area (Å²) < 4.78 is 50.0. The van der Waals surface area contributed by atoms with E-state index in [1.807, 2.05) is 4.90 Å². The van der Waals surface area contributed by atoms with Gasteiger partial charge in [-0.25, -0.2) is 4.79 Å². The molecule has 28 heavy (non-hydrogen) atoms. The molecule has 2 aliphatic heterocycles. The van der Waals surface area contributed by atoms with Gasteiger partial charge in [0.25, 0.3) is 5.66 Å². The lowest BCUT2D eigenvalue weighted by Crippen LogP contribution is -2.47. The van der Waals surface area contributed by atoms with E-state index < -0.39 is 24.4 Å². The Hall–Kier alpha value is -2.36. The first kappa shape index (κ1) is 20.4. The van der Waals surface area contributed by atoms with Gasteiger partial charge in [-0.1, -0.05) is 6.42 Å². The molecule has 1 fully saturated rings. The first-order valence-corrected chi connectivity index (χ1v) is 9.11. The maximum Gasteiger partial charge on any atom is 0.437 e. The van der Waals surface area contributed by atoms with E-state index in [-0.39, 0.29) is 12.5 Å². The van der Waals surface area contributed by atoms with Gasteiger partial charge in [0.2, 0.25) is 0 Å². The van der Waals surface area contributed by atoms with Gasteiger partial charge in [0.1, 0.15) is 18.1 Å². The fourth-order valence-electron chi connectivity index (χ4n) is 3.34. The Morgan fingerprint density at radius 1 is 1.18 bits per heavy atom. The summed E-state index contributed by atoms with van der Waals surface area (Å²) in [6.07, 6.45) is -2.03. The Morgan fingerprint density at radius 2 is 1.82 bits per heavy atom. The molecule has 1 aromatic carbocycles. The number of carboxylic acid groups (broad SMARTS) is 1. The van der Waals surface area contributed by atoms with Crippen LogP contribution in [0.5, 0.6) is 11.5 Å². The number of hydrogen-bond acceptors (Lipinski definition) is 6. The van der Waals surface area contributed by atoms with Crippen molar-refractivity contribution in [2.45, 2.75) is 43.6 Å². The van der Waals surface area contributed by atoms with Crippen molar-refractivity contribution in [1.82, 2.24) is 4.90 Å². The van der Waals surface area contributed by atoms with Crippen LogP contribution >= 0.6 is 0 Å². The van der Waals surface area contributed by atoms with Crippen molar-refractivity contribution in [3.63, 3.8) is 0 Å². The van der Waals surface area contributed by atoms with Gasteiger partial charge in [-0.3, -0.25) is 4.90 Å². The van der Waals surface area contributed by atoms with Crippen LogP contribution < -0.4 is 9.47 Å². The number of alkyl halides is 3. The third-order valence-electron chi connectivity index (χ3n) is 4.90. The third kappa shape index (κ3) is 5.12. The first-order valence-electron chi connectivity index (χ1n) is 9.11. The maximum atomic E-state index is 13.1. The molecule has 2 heterocycles. The van der Waals surface area contributed by atoms with E-state index in [0.29, 0.717) is 31.1 Å². The van der Waals surface area contributed by atoms with Crippen molar-refractivity contribution < 1.29 is 32.5 Å². The van der Waals surface area contributed by atoms with E-state index in [9.17, 15) is 18.0 Å².